The summed E-state index contributed by atoms with van der Waals surface area (Å²) in [5, 5.41) is 17.1. The molecule has 2 aliphatic carbocycles. The molecule has 2 unspecified atom stereocenters. The van der Waals surface area contributed by atoms with E-state index in [-0.39, 0.29) is 11.3 Å². The summed E-state index contributed by atoms with van der Waals surface area (Å²) in [6.07, 6.45) is 6.31. The van der Waals surface area contributed by atoms with Crippen LogP contribution in [0.4, 0.5) is 10.7 Å². The Kier molecular flexibility index (Phi) is 6.61. The van der Waals surface area contributed by atoms with E-state index in [0.717, 1.165) is 42.8 Å². The number of benzene rings is 1. The van der Waals surface area contributed by atoms with E-state index in [2.05, 4.69) is 55.7 Å². The molecule has 172 valence electrons. The van der Waals surface area contributed by atoms with Gasteiger partial charge in [0.2, 0.25) is 5.91 Å². The quantitative estimate of drug-likeness (QED) is 0.502. The Bertz CT molecular complexity index is 988. The second-order valence-corrected chi connectivity index (χ2v) is 11.3. The van der Waals surface area contributed by atoms with Gasteiger partial charge in [-0.05, 0) is 60.8 Å². The maximum absolute atomic E-state index is 13.1. The molecule has 1 aromatic carbocycles. The van der Waals surface area contributed by atoms with Crippen LogP contribution in [-0.2, 0) is 34.4 Å². The van der Waals surface area contributed by atoms with Crippen molar-refractivity contribution in [2.24, 2.45) is 11.8 Å². The van der Waals surface area contributed by atoms with Crippen LogP contribution in [0, 0.1) is 11.8 Å². The van der Waals surface area contributed by atoms with Gasteiger partial charge in [-0.15, -0.1) is 11.3 Å². The molecule has 5 nitrogen and oxygen atoms in total. The summed E-state index contributed by atoms with van der Waals surface area (Å²) in [6.45, 7) is 7.28. The van der Waals surface area contributed by atoms with Crippen molar-refractivity contribution in [1.29, 1.82) is 0 Å². The topological polar surface area (TPSA) is 78.4 Å². The first kappa shape index (κ1) is 22.8. The van der Waals surface area contributed by atoms with Crippen molar-refractivity contribution in [3.63, 3.8) is 0 Å². The first-order chi connectivity index (χ1) is 15.2. The lowest BCUT2D eigenvalue weighted by atomic mass is 9.79. The number of hydrogen-bond acceptors (Lipinski definition) is 4. The zero-order valence-electron chi connectivity index (χ0n) is 19.3. The van der Waals surface area contributed by atoms with Crippen LogP contribution in [0.5, 0.6) is 0 Å². The molecule has 0 aliphatic heterocycles. The van der Waals surface area contributed by atoms with Gasteiger partial charge < -0.3 is 15.7 Å². The average Bonchev–Trinajstić information content (AvgIpc) is 3.33. The van der Waals surface area contributed by atoms with Crippen LogP contribution < -0.4 is 10.6 Å². The number of carboxylic acid groups (broad SMARTS) is 1. The lowest BCUT2D eigenvalue weighted by Crippen LogP contribution is -2.36. The fourth-order valence-corrected chi connectivity index (χ4v) is 6.29. The second kappa shape index (κ2) is 9.26. The van der Waals surface area contributed by atoms with Gasteiger partial charge in [0.15, 0.2) is 0 Å². The molecule has 2 aromatic rings. The molecular weight excluding hydrogens is 420 g/mol. The zero-order valence-corrected chi connectivity index (χ0v) is 20.1. The molecule has 0 saturated heterocycles. The van der Waals surface area contributed by atoms with E-state index in [0.29, 0.717) is 19.4 Å². The number of amides is 1. The highest BCUT2D eigenvalue weighted by Crippen LogP contribution is 2.40. The van der Waals surface area contributed by atoms with Gasteiger partial charge in [-0.1, -0.05) is 45.7 Å². The average molecular weight is 455 g/mol. The number of hydrogen-bond donors (Lipinski definition) is 3. The standard InChI is InChI=1S/C26H34N2O3S/c1-26(2,3)16-11-13-17(14-12-16)27-15-21-18-9-6-10-22(18)32-24(21)28-23(29)19-7-4-5-8-20(19)25(30)31/h11-14,19-20,27H,4-10,15H2,1-3H3,(H,28,29)(H,30,31). The highest BCUT2D eigenvalue weighted by Gasteiger charge is 2.36. The number of thiophene rings is 1. The van der Waals surface area contributed by atoms with Crippen molar-refractivity contribution >= 4 is 33.9 Å². The minimum absolute atomic E-state index is 0.122. The predicted octanol–water partition coefficient (Wildman–Crippen LogP) is 5.98. The van der Waals surface area contributed by atoms with Crippen LogP contribution in [0.1, 0.15) is 74.4 Å². The van der Waals surface area contributed by atoms with Gasteiger partial charge in [-0.3, -0.25) is 9.59 Å². The molecule has 3 N–H and O–H groups in total. The number of aliphatic carboxylic acids is 1. The Balaban J connectivity index is 1.50. The number of rotatable bonds is 6. The Morgan fingerprint density at radius 3 is 2.38 bits per heavy atom. The van der Waals surface area contributed by atoms with Crippen LogP contribution in [0.25, 0.3) is 0 Å². The Morgan fingerprint density at radius 1 is 1.03 bits per heavy atom. The number of aryl methyl sites for hydroxylation is 1. The Morgan fingerprint density at radius 2 is 1.72 bits per heavy atom. The Labute approximate surface area is 194 Å². The summed E-state index contributed by atoms with van der Waals surface area (Å²) in [5.41, 5.74) is 5.01. The van der Waals surface area contributed by atoms with Crippen LogP contribution >= 0.6 is 11.3 Å². The number of carbonyl (C=O) groups excluding carboxylic acids is 1. The molecule has 0 radical (unpaired) electrons. The van der Waals surface area contributed by atoms with Crippen LogP contribution in [0.15, 0.2) is 24.3 Å². The van der Waals surface area contributed by atoms with Crippen molar-refractivity contribution in [2.45, 2.75) is 77.7 Å². The molecular formula is C26H34N2O3S. The molecule has 4 rings (SSSR count). The van der Waals surface area contributed by atoms with E-state index >= 15 is 0 Å². The SMILES string of the molecule is CC(C)(C)c1ccc(NCc2c(NC(=O)C3CCCCC3C(=O)O)sc3c2CCC3)cc1. The van der Waals surface area contributed by atoms with Crippen molar-refractivity contribution < 1.29 is 14.7 Å². The smallest absolute Gasteiger partial charge is 0.307 e. The summed E-state index contributed by atoms with van der Waals surface area (Å²) in [5.74, 6) is -1.99. The zero-order chi connectivity index (χ0) is 22.9. The van der Waals surface area contributed by atoms with Crippen molar-refractivity contribution in [1.82, 2.24) is 0 Å². The third-order valence-electron chi connectivity index (χ3n) is 6.91. The molecule has 0 bridgehead atoms. The summed E-state index contributed by atoms with van der Waals surface area (Å²) in [4.78, 5) is 26.1. The lowest BCUT2D eigenvalue weighted by molar-refractivity contribution is -0.147. The van der Waals surface area contributed by atoms with E-state index in [1.165, 1.54) is 21.6 Å². The van der Waals surface area contributed by atoms with E-state index in [9.17, 15) is 14.7 Å². The van der Waals surface area contributed by atoms with Crippen LogP contribution in [0.2, 0.25) is 0 Å². The molecule has 0 spiro atoms. The number of fused-ring (bicyclic) bond motifs is 1. The first-order valence-electron chi connectivity index (χ1n) is 11.8. The molecule has 1 saturated carbocycles. The molecule has 6 heteroatoms. The number of carboxylic acids is 1. The van der Waals surface area contributed by atoms with Gasteiger partial charge in [-0.2, -0.15) is 0 Å². The summed E-state index contributed by atoms with van der Waals surface area (Å²) >= 11 is 1.67. The van der Waals surface area contributed by atoms with E-state index in [1.54, 1.807) is 11.3 Å². The molecule has 2 aliphatic rings. The number of carbonyl (C=O) groups is 2. The molecule has 1 aromatic heterocycles. The van der Waals surface area contributed by atoms with Gasteiger partial charge in [0.25, 0.3) is 0 Å². The highest BCUT2D eigenvalue weighted by atomic mass is 32.1. The minimum atomic E-state index is -0.848. The third-order valence-corrected chi connectivity index (χ3v) is 8.16. The van der Waals surface area contributed by atoms with E-state index in [4.69, 9.17) is 0 Å². The Hall–Kier alpha value is -2.34. The fourth-order valence-electron chi connectivity index (χ4n) is 4.98. The number of anilines is 2. The third kappa shape index (κ3) is 4.85. The first-order valence-corrected chi connectivity index (χ1v) is 12.6. The maximum Gasteiger partial charge on any atom is 0.307 e. The molecule has 1 amide bonds. The molecule has 32 heavy (non-hydrogen) atoms. The van der Waals surface area contributed by atoms with Crippen molar-refractivity contribution in [2.75, 3.05) is 10.6 Å². The highest BCUT2D eigenvalue weighted by molar-refractivity contribution is 7.16. The van der Waals surface area contributed by atoms with Gasteiger partial charge in [0.1, 0.15) is 5.00 Å². The summed E-state index contributed by atoms with van der Waals surface area (Å²) in [7, 11) is 0. The van der Waals surface area contributed by atoms with Gasteiger partial charge in [0.05, 0.1) is 11.8 Å². The maximum atomic E-state index is 13.1. The summed E-state index contributed by atoms with van der Waals surface area (Å²) in [6, 6.07) is 8.56. The number of nitrogens with one attached hydrogen (secondary N) is 2. The summed E-state index contributed by atoms with van der Waals surface area (Å²) < 4.78 is 0. The van der Waals surface area contributed by atoms with Crippen molar-refractivity contribution in [3.8, 4) is 0 Å². The van der Waals surface area contributed by atoms with E-state index < -0.39 is 17.8 Å². The van der Waals surface area contributed by atoms with Gasteiger partial charge in [-0.25, -0.2) is 0 Å². The normalized spacial score (nSPS) is 20.6. The van der Waals surface area contributed by atoms with Gasteiger partial charge in [0, 0.05) is 22.7 Å². The molecule has 2 atom stereocenters. The van der Waals surface area contributed by atoms with Crippen LogP contribution in [-0.4, -0.2) is 17.0 Å². The molecule has 1 fully saturated rings. The van der Waals surface area contributed by atoms with E-state index in [1.807, 2.05) is 0 Å². The minimum Gasteiger partial charge on any atom is -0.481 e. The largest absolute Gasteiger partial charge is 0.481 e. The second-order valence-electron chi connectivity index (χ2n) is 10.2. The monoisotopic (exact) mass is 454 g/mol. The van der Waals surface area contributed by atoms with Crippen LogP contribution in [0.3, 0.4) is 0 Å². The fraction of sp³-hybridized carbons (Fsp3) is 0.538. The molecule has 1 heterocycles. The lowest BCUT2D eigenvalue weighted by Gasteiger charge is -2.27. The predicted molar refractivity (Wildman–Crippen MR) is 131 cm³/mol. The van der Waals surface area contributed by atoms with Gasteiger partial charge >= 0.3 is 5.97 Å². The van der Waals surface area contributed by atoms with Crippen molar-refractivity contribution in [3.05, 3.63) is 45.8 Å².